The van der Waals surface area contributed by atoms with Gasteiger partial charge in [0.05, 0.1) is 42.9 Å². The van der Waals surface area contributed by atoms with Gasteiger partial charge >= 0.3 is 0 Å². The van der Waals surface area contributed by atoms with E-state index in [1.165, 1.54) is 18.2 Å². The van der Waals surface area contributed by atoms with Crippen LogP contribution in [0.4, 0.5) is 4.39 Å². The van der Waals surface area contributed by atoms with E-state index in [0.717, 1.165) is 32.3 Å². The number of ether oxygens (including phenoxy) is 2. The summed E-state index contributed by atoms with van der Waals surface area (Å²) in [6.45, 7) is 5.39. The fraction of sp³-hybridized carbons (Fsp3) is 0.583. The summed E-state index contributed by atoms with van der Waals surface area (Å²) in [5, 5.41) is 3.71. The Morgan fingerprint density at radius 1 is 1.23 bits per heavy atom. The summed E-state index contributed by atoms with van der Waals surface area (Å²) < 4.78 is 54.4. The first-order valence-corrected chi connectivity index (χ1v) is 14.2. The normalized spacial score (nSPS) is 20.3. The van der Waals surface area contributed by atoms with Gasteiger partial charge in [0, 0.05) is 31.9 Å². The summed E-state index contributed by atoms with van der Waals surface area (Å²) in [5.41, 5.74) is 0.833. The van der Waals surface area contributed by atoms with E-state index in [-0.39, 0.29) is 22.9 Å². The van der Waals surface area contributed by atoms with E-state index < -0.39 is 21.4 Å². The number of thiocarbonyl (C=S) groups is 1. The fourth-order valence-electron chi connectivity index (χ4n) is 4.55. The van der Waals surface area contributed by atoms with Gasteiger partial charge in [-0.3, -0.25) is 0 Å². The third kappa shape index (κ3) is 6.58. The van der Waals surface area contributed by atoms with E-state index in [0.29, 0.717) is 43.6 Å². The first kappa shape index (κ1) is 26.0. The first-order valence-electron chi connectivity index (χ1n) is 12.1. The largest absolute Gasteiger partial charge is 0.376 e. The monoisotopic (exact) mass is 524 g/mol. The number of benzene rings is 1. The number of aromatic nitrogens is 2. The Kier molecular flexibility index (Phi) is 8.74. The topological polar surface area (TPSA) is 85.7 Å². The van der Waals surface area contributed by atoms with Gasteiger partial charge in [0.2, 0.25) is 15.0 Å². The van der Waals surface area contributed by atoms with Gasteiger partial charge in [0.1, 0.15) is 5.82 Å². The molecule has 2 aliphatic heterocycles. The van der Waals surface area contributed by atoms with Crippen molar-refractivity contribution < 1.29 is 22.3 Å². The molecule has 0 radical (unpaired) electrons. The summed E-state index contributed by atoms with van der Waals surface area (Å²) in [5.74, 6) is -1.01. The first-order chi connectivity index (χ1) is 16.9. The molecule has 2 saturated heterocycles. The molecule has 11 heteroatoms. The Morgan fingerprint density at radius 2 is 1.94 bits per heavy atom. The van der Waals surface area contributed by atoms with Crippen LogP contribution in [0.15, 0.2) is 35.6 Å². The predicted molar refractivity (Wildman–Crippen MR) is 134 cm³/mol. The van der Waals surface area contributed by atoms with Crippen molar-refractivity contribution in [2.24, 2.45) is 0 Å². The van der Waals surface area contributed by atoms with E-state index in [2.05, 4.69) is 10.3 Å². The Bertz CT molecular complexity index is 1110. The zero-order chi connectivity index (χ0) is 24.8. The van der Waals surface area contributed by atoms with Gasteiger partial charge in [-0.05, 0) is 50.9 Å². The van der Waals surface area contributed by atoms with Gasteiger partial charge in [0.15, 0.2) is 5.11 Å². The van der Waals surface area contributed by atoms with Crippen LogP contribution in [0.3, 0.4) is 0 Å². The number of sulfone groups is 1. The van der Waals surface area contributed by atoms with Gasteiger partial charge < -0.3 is 24.3 Å². The quantitative estimate of drug-likeness (QED) is 0.475. The molecule has 4 rings (SSSR count). The third-order valence-electron chi connectivity index (χ3n) is 6.31. The van der Waals surface area contributed by atoms with Crippen LogP contribution in [-0.2, 0) is 38.2 Å². The number of nitrogens with one attached hydrogen (secondary N) is 1. The lowest BCUT2D eigenvalue weighted by Gasteiger charge is -2.28. The average molecular weight is 525 g/mol. The number of halogens is 1. The van der Waals surface area contributed by atoms with Gasteiger partial charge in [-0.25, -0.2) is 17.8 Å². The highest BCUT2D eigenvalue weighted by molar-refractivity contribution is 7.90. The second kappa shape index (κ2) is 11.8. The Balaban J connectivity index is 1.64. The van der Waals surface area contributed by atoms with Crippen LogP contribution in [0.1, 0.15) is 43.9 Å². The number of imidazole rings is 1. The third-order valence-corrected chi connectivity index (χ3v) is 8.29. The van der Waals surface area contributed by atoms with E-state index in [1.54, 1.807) is 16.8 Å². The molecule has 0 unspecified atom stereocenters. The molecule has 1 N–H and O–H groups in total. The number of hydrogen-bond donors (Lipinski definition) is 1. The van der Waals surface area contributed by atoms with Crippen LogP contribution in [0.5, 0.6) is 0 Å². The fourth-order valence-corrected chi connectivity index (χ4v) is 6.35. The highest BCUT2D eigenvalue weighted by atomic mass is 32.2. The average Bonchev–Trinajstić information content (AvgIpc) is 3.59. The molecule has 1 aromatic carbocycles. The standard InChI is InChI=1S/C24H33FN4O4S2/c1-2-26-23(34)28(15-20-8-5-11-32-20)14-19-13-27-24(29(19)16-21-9-6-12-33-21)35(30,31)17-18-7-3-4-10-22(18)25/h3-4,7,10,13,20-21H,2,5-6,8-9,11-12,14-17H2,1H3,(H,26,34)/t20-,21+/m1/s1. The van der Waals surface area contributed by atoms with E-state index in [1.807, 2.05) is 11.8 Å². The van der Waals surface area contributed by atoms with Crippen LogP contribution >= 0.6 is 12.2 Å². The molecule has 0 amide bonds. The molecule has 3 heterocycles. The lowest BCUT2D eigenvalue weighted by molar-refractivity contribution is 0.0862. The molecule has 0 aliphatic carbocycles. The summed E-state index contributed by atoms with van der Waals surface area (Å²) in [6.07, 6.45) is 5.31. The SMILES string of the molecule is CCNC(=S)N(Cc1cnc(S(=O)(=O)Cc2ccccc2F)n1C[C@@H]1CCCO1)C[C@H]1CCCO1. The van der Waals surface area contributed by atoms with Crippen molar-refractivity contribution in [3.63, 3.8) is 0 Å². The van der Waals surface area contributed by atoms with Gasteiger partial charge in [-0.15, -0.1) is 0 Å². The smallest absolute Gasteiger partial charge is 0.228 e. The molecule has 1 aromatic heterocycles. The summed E-state index contributed by atoms with van der Waals surface area (Å²) in [4.78, 5) is 6.33. The van der Waals surface area contributed by atoms with Crippen molar-refractivity contribution in [2.75, 3.05) is 26.3 Å². The van der Waals surface area contributed by atoms with Crippen molar-refractivity contribution in [3.05, 3.63) is 47.5 Å². The molecule has 0 spiro atoms. The van der Waals surface area contributed by atoms with Crippen LogP contribution in [0.2, 0.25) is 0 Å². The highest BCUT2D eigenvalue weighted by Gasteiger charge is 2.29. The molecule has 2 fully saturated rings. The lowest BCUT2D eigenvalue weighted by Crippen LogP contribution is -2.43. The van der Waals surface area contributed by atoms with E-state index >= 15 is 0 Å². The summed E-state index contributed by atoms with van der Waals surface area (Å²) in [6, 6.07) is 5.92. The van der Waals surface area contributed by atoms with Gasteiger partial charge in [-0.1, -0.05) is 18.2 Å². The van der Waals surface area contributed by atoms with Crippen LogP contribution in [0, 0.1) is 5.82 Å². The molecule has 2 aromatic rings. The van der Waals surface area contributed by atoms with Gasteiger partial charge in [0.25, 0.3) is 0 Å². The van der Waals surface area contributed by atoms with Crippen LogP contribution in [-0.4, -0.2) is 66.5 Å². The number of nitrogens with zero attached hydrogens (tertiary/aromatic N) is 3. The second-order valence-corrected chi connectivity index (χ2v) is 11.2. The predicted octanol–water partition coefficient (Wildman–Crippen LogP) is 3.05. The van der Waals surface area contributed by atoms with Crippen molar-refractivity contribution in [1.82, 2.24) is 19.8 Å². The minimum Gasteiger partial charge on any atom is -0.376 e. The Morgan fingerprint density at radius 3 is 2.60 bits per heavy atom. The van der Waals surface area contributed by atoms with E-state index in [4.69, 9.17) is 21.7 Å². The molecule has 2 aliphatic rings. The minimum atomic E-state index is -3.91. The lowest BCUT2D eigenvalue weighted by atomic mass is 10.2. The minimum absolute atomic E-state index is 0.0716. The maximum absolute atomic E-state index is 14.2. The number of rotatable bonds is 10. The maximum atomic E-state index is 14.2. The maximum Gasteiger partial charge on any atom is 0.228 e. The summed E-state index contributed by atoms with van der Waals surface area (Å²) in [7, 11) is -3.91. The molecule has 8 nitrogen and oxygen atoms in total. The molecule has 192 valence electrons. The van der Waals surface area contributed by atoms with Crippen LogP contribution < -0.4 is 5.32 Å². The molecular weight excluding hydrogens is 491 g/mol. The zero-order valence-electron chi connectivity index (χ0n) is 20.0. The van der Waals surface area contributed by atoms with Crippen molar-refractivity contribution in [2.45, 2.75) is 68.8 Å². The molecular formula is C24H33FN4O4S2. The molecule has 35 heavy (non-hydrogen) atoms. The van der Waals surface area contributed by atoms with Crippen LogP contribution in [0.25, 0.3) is 0 Å². The van der Waals surface area contributed by atoms with Crippen molar-refractivity contribution in [3.8, 4) is 0 Å². The number of hydrogen-bond acceptors (Lipinski definition) is 6. The summed E-state index contributed by atoms with van der Waals surface area (Å²) >= 11 is 5.62. The van der Waals surface area contributed by atoms with Crippen molar-refractivity contribution in [1.29, 1.82) is 0 Å². The highest BCUT2D eigenvalue weighted by Crippen LogP contribution is 2.24. The van der Waals surface area contributed by atoms with E-state index in [9.17, 15) is 12.8 Å². The zero-order valence-corrected chi connectivity index (χ0v) is 21.6. The second-order valence-electron chi connectivity index (χ2n) is 8.98. The molecule has 2 atom stereocenters. The van der Waals surface area contributed by atoms with Crippen molar-refractivity contribution >= 4 is 27.2 Å². The Labute approximate surface area is 211 Å². The van der Waals surface area contributed by atoms with Gasteiger partial charge in [-0.2, -0.15) is 0 Å². The molecule has 0 saturated carbocycles. The Hall–Kier alpha value is -2.08. The molecule has 0 bridgehead atoms.